The van der Waals surface area contributed by atoms with E-state index in [2.05, 4.69) is 6.92 Å². The first-order valence-corrected chi connectivity index (χ1v) is 10.1. The minimum Gasteiger partial charge on any atom is -0.393 e. The summed E-state index contributed by atoms with van der Waals surface area (Å²) in [6.45, 7) is 5.74. The molecule has 0 aromatic heterocycles. The number of hydrogen-bond acceptors (Lipinski definition) is 2. The monoisotopic (exact) mass is 314 g/mol. The highest BCUT2D eigenvalue weighted by Crippen LogP contribution is 2.13. The number of aliphatic hydroxyl groups excluding tert-OH is 1. The summed E-state index contributed by atoms with van der Waals surface area (Å²) in [5.41, 5.74) is 0. The Morgan fingerprint density at radius 2 is 1.09 bits per heavy atom. The summed E-state index contributed by atoms with van der Waals surface area (Å²) < 4.78 is 5.26. The Bertz CT molecular complexity index is 194. The van der Waals surface area contributed by atoms with Gasteiger partial charge in [-0.25, -0.2) is 0 Å². The van der Waals surface area contributed by atoms with Crippen molar-refractivity contribution in [3.05, 3.63) is 0 Å². The lowest BCUT2D eigenvalue weighted by Crippen LogP contribution is -2.10. The van der Waals surface area contributed by atoms with E-state index in [0.717, 1.165) is 19.4 Å². The average Bonchev–Trinajstić information content (AvgIpc) is 2.52. The maximum atomic E-state index is 9.77. The molecule has 0 spiro atoms. The van der Waals surface area contributed by atoms with Gasteiger partial charge in [-0.1, -0.05) is 90.4 Å². The molecule has 1 atom stereocenters. The SMILES string of the molecule is CCCCCCCCCCCCCCC[C@@H](O)CCOCC. The fraction of sp³-hybridized carbons (Fsp3) is 1.00. The summed E-state index contributed by atoms with van der Waals surface area (Å²) >= 11 is 0. The first-order valence-electron chi connectivity index (χ1n) is 10.1. The van der Waals surface area contributed by atoms with Crippen LogP contribution in [0.5, 0.6) is 0 Å². The molecular formula is C20H42O2. The van der Waals surface area contributed by atoms with Gasteiger partial charge in [0.1, 0.15) is 0 Å². The summed E-state index contributed by atoms with van der Waals surface area (Å²) in [6, 6.07) is 0. The molecule has 0 bridgehead atoms. The van der Waals surface area contributed by atoms with Gasteiger partial charge in [0.15, 0.2) is 0 Å². The zero-order valence-electron chi connectivity index (χ0n) is 15.5. The Balaban J connectivity index is 3.05. The number of rotatable bonds is 18. The Morgan fingerprint density at radius 1 is 0.636 bits per heavy atom. The first kappa shape index (κ1) is 21.9. The second kappa shape index (κ2) is 19.0. The molecule has 0 aliphatic rings. The van der Waals surface area contributed by atoms with E-state index >= 15 is 0 Å². The molecule has 0 heterocycles. The van der Waals surface area contributed by atoms with Crippen molar-refractivity contribution in [2.45, 2.75) is 116 Å². The van der Waals surface area contributed by atoms with E-state index in [1.54, 1.807) is 0 Å². The fourth-order valence-electron chi connectivity index (χ4n) is 2.91. The van der Waals surface area contributed by atoms with Crippen molar-refractivity contribution < 1.29 is 9.84 Å². The smallest absolute Gasteiger partial charge is 0.0562 e. The predicted molar refractivity (Wildman–Crippen MR) is 97.4 cm³/mol. The number of hydrogen-bond donors (Lipinski definition) is 1. The third kappa shape index (κ3) is 18.0. The zero-order chi connectivity index (χ0) is 16.3. The number of unbranched alkanes of at least 4 members (excludes halogenated alkanes) is 12. The molecule has 0 fully saturated rings. The van der Waals surface area contributed by atoms with Gasteiger partial charge in [0.05, 0.1) is 6.10 Å². The standard InChI is InChI=1S/C20H42O2/c1-3-5-6-7-8-9-10-11-12-13-14-15-16-17-20(21)18-19-22-4-2/h20-21H,3-19H2,1-2H3/t20-/m1/s1. The van der Waals surface area contributed by atoms with Crippen LogP contribution in [-0.4, -0.2) is 24.4 Å². The molecule has 0 radical (unpaired) electrons. The highest BCUT2D eigenvalue weighted by atomic mass is 16.5. The Labute approximate surface area is 140 Å². The topological polar surface area (TPSA) is 29.5 Å². The minimum atomic E-state index is -0.153. The molecule has 134 valence electrons. The molecule has 1 N–H and O–H groups in total. The van der Waals surface area contributed by atoms with Crippen LogP contribution >= 0.6 is 0 Å². The van der Waals surface area contributed by atoms with Crippen LogP contribution in [0.3, 0.4) is 0 Å². The molecule has 0 aliphatic carbocycles. The number of aliphatic hydroxyl groups is 1. The van der Waals surface area contributed by atoms with Crippen LogP contribution < -0.4 is 0 Å². The average molecular weight is 315 g/mol. The van der Waals surface area contributed by atoms with Crippen LogP contribution in [0, 0.1) is 0 Å². The van der Waals surface area contributed by atoms with E-state index in [0.29, 0.717) is 6.61 Å². The van der Waals surface area contributed by atoms with Crippen LogP contribution in [0.25, 0.3) is 0 Å². The Hall–Kier alpha value is -0.0800. The molecule has 0 aliphatic heterocycles. The number of ether oxygens (including phenoxy) is 1. The highest BCUT2D eigenvalue weighted by Gasteiger charge is 2.03. The van der Waals surface area contributed by atoms with Crippen LogP contribution in [0.4, 0.5) is 0 Å². The second-order valence-corrected chi connectivity index (χ2v) is 6.67. The van der Waals surface area contributed by atoms with Crippen molar-refractivity contribution >= 4 is 0 Å². The zero-order valence-corrected chi connectivity index (χ0v) is 15.5. The lowest BCUT2D eigenvalue weighted by atomic mass is 10.0. The van der Waals surface area contributed by atoms with Gasteiger partial charge in [0.25, 0.3) is 0 Å². The Kier molecular flexibility index (Phi) is 18.9. The van der Waals surface area contributed by atoms with Gasteiger partial charge in [-0.2, -0.15) is 0 Å². The van der Waals surface area contributed by atoms with Crippen molar-refractivity contribution in [3.8, 4) is 0 Å². The van der Waals surface area contributed by atoms with Crippen molar-refractivity contribution in [1.29, 1.82) is 0 Å². The quantitative estimate of drug-likeness (QED) is 0.303. The van der Waals surface area contributed by atoms with Crippen molar-refractivity contribution in [2.75, 3.05) is 13.2 Å². The van der Waals surface area contributed by atoms with Gasteiger partial charge in [-0.15, -0.1) is 0 Å². The molecule has 2 heteroatoms. The summed E-state index contributed by atoms with van der Waals surface area (Å²) in [6.07, 6.45) is 19.6. The molecular weight excluding hydrogens is 272 g/mol. The fourth-order valence-corrected chi connectivity index (χ4v) is 2.91. The van der Waals surface area contributed by atoms with Crippen LogP contribution in [0.2, 0.25) is 0 Å². The molecule has 22 heavy (non-hydrogen) atoms. The molecule has 0 saturated carbocycles. The molecule has 0 amide bonds. The second-order valence-electron chi connectivity index (χ2n) is 6.67. The maximum Gasteiger partial charge on any atom is 0.0562 e. The van der Waals surface area contributed by atoms with E-state index in [1.165, 1.54) is 83.5 Å². The van der Waals surface area contributed by atoms with Crippen LogP contribution in [0.1, 0.15) is 110 Å². The van der Waals surface area contributed by atoms with Gasteiger partial charge in [-0.05, 0) is 19.8 Å². The summed E-state index contributed by atoms with van der Waals surface area (Å²) in [5, 5.41) is 9.77. The molecule has 0 aromatic rings. The van der Waals surface area contributed by atoms with E-state index in [9.17, 15) is 5.11 Å². The van der Waals surface area contributed by atoms with Crippen molar-refractivity contribution in [1.82, 2.24) is 0 Å². The molecule has 0 rings (SSSR count). The van der Waals surface area contributed by atoms with E-state index in [4.69, 9.17) is 4.74 Å². The summed E-state index contributed by atoms with van der Waals surface area (Å²) in [7, 11) is 0. The molecule has 0 aromatic carbocycles. The normalized spacial score (nSPS) is 12.7. The summed E-state index contributed by atoms with van der Waals surface area (Å²) in [4.78, 5) is 0. The van der Waals surface area contributed by atoms with E-state index in [-0.39, 0.29) is 6.10 Å². The van der Waals surface area contributed by atoms with Gasteiger partial charge in [0, 0.05) is 13.2 Å². The van der Waals surface area contributed by atoms with Gasteiger partial charge < -0.3 is 9.84 Å². The predicted octanol–water partition coefficient (Wildman–Crippen LogP) is 6.26. The van der Waals surface area contributed by atoms with E-state index in [1.807, 2.05) is 6.92 Å². The third-order valence-corrected chi connectivity index (χ3v) is 4.44. The molecule has 0 saturated heterocycles. The maximum absolute atomic E-state index is 9.77. The minimum absolute atomic E-state index is 0.153. The highest BCUT2D eigenvalue weighted by molar-refractivity contribution is 4.56. The lowest BCUT2D eigenvalue weighted by molar-refractivity contribution is 0.0828. The van der Waals surface area contributed by atoms with E-state index < -0.39 is 0 Å². The first-order chi connectivity index (χ1) is 10.8. The van der Waals surface area contributed by atoms with Gasteiger partial charge in [-0.3, -0.25) is 0 Å². The molecule has 2 nitrogen and oxygen atoms in total. The van der Waals surface area contributed by atoms with Gasteiger partial charge in [0.2, 0.25) is 0 Å². The largest absolute Gasteiger partial charge is 0.393 e. The van der Waals surface area contributed by atoms with Crippen molar-refractivity contribution in [3.63, 3.8) is 0 Å². The van der Waals surface area contributed by atoms with Crippen LogP contribution in [0.15, 0.2) is 0 Å². The van der Waals surface area contributed by atoms with Gasteiger partial charge >= 0.3 is 0 Å². The van der Waals surface area contributed by atoms with Crippen molar-refractivity contribution in [2.24, 2.45) is 0 Å². The Morgan fingerprint density at radius 3 is 1.55 bits per heavy atom. The molecule has 0 unspecified atom stereocenters. The van der Waals surface area contributed by atoms with Crippen LogP contribution in [-0.2, 0) is 4.74 Å². The summed E-state index contributed by atoms with van der Waals surface area (Å²) in [5.74, 6) is 0. The lowest BCUT2D eigenvalue weighted by Gasteiger charge is -2.10. The third-order valence-electron chi connectivity index (χ3n) is 4.44.